The number of rotatable bonds is 11. The second kappa shape index (κ2) is 11.3. The Labute approximate surface area is 200 Å². The minimum absolute atomic E-state index is 0.113. The highest BCUT2D eigenvalue weighted by Gasteiger charge is 2.39. The Kier molecular flexibility index (Phi) is 8.41. The van der Waals surface area contributed by atoms with Crippen LogP contribution in [0.1, 0.15) is 23.6 Å². The molecule has 0 heterocycles. The summed E-state index contributed by atoms with van der Waals surface area (Å²) in [5.41, 5.74) is 13.2. The summed E-state index contributed by atoms with van der Waals surface area (Å²) in [6.07, 6.45) is -1.45. The predicted molar refractivity (Wildman–Crippen MR) is 131 cm³/mol. The molecule has 0 radical (unpaired) electrons. The Bertz CT molecular complexity index is 1070. The second-order valence-electron chi connectivity index (χ2n) is 8.12. The number of aliphatic hydroxyl groups is 1. The summed E-state index contributed by atoms with van der Waals surface area (Å²) in [4.78, 5) is 12.2. The van der Waals surface area contributed by atoms with Gasteiger partial charge in [-0.05, 0) is 47.9 Å². The van der Waals surface area contributed by atoms with Crippen molar-refractivity contribution in [2.45, 2.75) is 30.7 Å². The molecule has 0 saturated heterocycles. The van der Waals surface area contributed by atoms with Crippen molar-refractivity contribution in [3.63, 3.8) is 0 Å². The molecule has 3 aromatic carbocycles. The molecule has 0 bridgehead atoms. The molecule has 0 saturated carbocycles. The van der Waals surface area contributed by atoms with Gasteiger partial charge in [-0.2, -0.15) is 0 Å². The summed E-state index contributed by atoms with van der Waals surface area (Å²) < 4.78 is 17.4. The zero-order valence-electron chi connectivity index (χ0n) is 19.7. The number of carbonyl (C=O) groups excluding carboxylic acids is 1. The molecule has 180 valence electrons. The summed E-state index contributed by atoms with van der Waals surface area (Å²) in [6.45, 7) is 1.40. The fourth-order valence-corrected chi connectivity index (χ4v) is 3.88. The number of ether oxygens (including phenoxy) is 3. The van der Waals surface area contributed by atoms with Crippen LogP contribution < -0.4 is 20.9 Å². The molecule has 0 aromatic heterocycles. The number of nitrogens with two attached hydrogens (primary N) is 2. The molecule has 0 amide bonds. The lowest BCUT2D eigenvalue weighted by molar-refractivity contribution is -0.130. The molecule has 0 aliphatic carbocycles. The van der Waals surface area contributed by atoms with Gasteiger partial charge in [-0.1, -0.05) is 54.6 Å². The standard InChI is InChI=1S/C27H32N2O5/c1-18(28)25(30)26(31)24(29)17-34-27(19-8-5-4-6-9-19,20-12-14-22(32-2)15-13-20)21-10-7-11-23(16-21)33-3/h4-16,18,24,26,31H,17,28-29H2,1-3H3/t18-,24+,26?,27?/m0/s1. The summed E-state index contributed by atoms with van der Waals surface area (Å²) in [5, 5.41) is 10.4. The number of carbonyl (C=O) groups is 1. The molecule has 5 N–H and O–H groups in total. The number of hydrogen-bond donors (Lipinski definition) is 3. The Morgan fingerprint density at radius 3 is 2.03 bits per heavy atom. The quantitative estimate of drug-likeness (QED) is 0.374. The van der Waals surface area contributed by atoms with E-state index in [1.165, 1.54) is 6.92 Å². The third-order valence-electron chi connectivity index (χ3n) is 5.79. The van der Waals surface area contributed by atoms with Crippen LogP contribution >= 0.6 is 0 Å². The Morgan fingerprint density at radius 1 is 0.853 bits per heavy atom. The first-order valence-corrected chi connectivity index (χ1v) is 11.0. The van der Waals surface area contributed by atoms with Crippen LogP contribution in [0.3, 0.4) is 0 Å². The van der Waals surface area contributed by atoms with Crippen molar-refractivity contribution in [3.8, 4) is 11.5 Å². The molecule has 3 aromatic rings. The van der Waals surface area contributed by atoms with Gasteiger partial charge in [0.25, 0.3) is 0 Å². The van der Waals surface area contributed by atoms with E-state index in [2.05, 4.69) is 0 Å². The number of benzene rings is 3. The molecule has 4 atom stereocenters. The van der Waals surface area contributed by atoms with Crippen molar-refractivity contribution < 1.29 is 24.1 Å². The van der Waals surface area contributed by atoms with E-state index in [0.29, 0.717) is 11.5 Å². The normalized spacial score (nSPS) is 15.6. The van der Waals surface area contributed by atoms with Gasteiger partial charge < -0.3 is 30.8 Å². The van der Waals surface area contributed by atoms with Crippen LogP contribution in [-0.2, 0) is 15.1 Å². The van der Waals surface area contributed by atoms with E-state index in [0.717, 1.165) is 16.7 Å². The molecule has 7 nitrogen and oxygen atoms in total. The summed E-state index contributed by atoms with van der Waals surface area (Å²) in [6, 6.07) is 23.0. The van der Waals surface area contributed by atoms with Crippen LogP contribution in [0, 0.1) is 0 Å². The van der Waals surface area contributed by atoms with Crippen LogP contribution in [-0.4, -0.2) is 49.9 Å². The van der Waals surface area contributed by atoms with Gasteiger partial charge >= 0.3 is 0 Å². The molecule has 0 spiro atoms. The SMILES string of the molecule is COc1ccc(C(OC[C@@H](N)C(O)C(=O)[C@H](C)N)(c2ccccc2)c2cccc(OC)c2)cc1. The van der Waals surface area contributed by atoms with Gasteiger partial charge in [0.05, 0.1) is 32.9 Å². The van der Waals surface area contributed by atoms with E-state index in [1.54, 1.807) is 14.2 Å². The van der Waals surface area contributed by atoms with Crippen molar-refractivity contribution in [1.82, 2.24) is 0 Å². The van der Waals surface area contributed by atoms with Gasteiger partial charge in [-0.15, -0.1) is 0 Å². The highest BCUT2D eigenvalue weighted by molar-refractivity contribution is 5.88. The van der Waals surface area contributed by atoms with Crippen LogP contribution in [0.25, 0.3) is 0 Å². The minimum atomic E-state index is -1.45. The molecule has 2 unspecified atom stereocenters. The second-order valence-corrected chi connectivity index (χ2v) is 8.12. The Hall–Kier alpha value is -3.23. The van der Waals surface area contributed by atoms with E-state index in [-0.39, 0.29) is 6.61 Å². The lowest BCUT2D eigenvalue weighted by Gasteiger charge is -2.37. The first-order chi connectivity index (χ1) is 16.3. The van der Waals surface area contributed by atoms with E-state index in [9.17, 15) is 9.90 Å². The zero-order chi connectivity index (χ0) is 24.7. The largest absolute Gasteiger partial charge is 0.497 e. The highest BCUT2D eigenvalue weighted by atomic mass is 16.5. The van der Waals surface area contributed by atoms with Gasteiger partial charge in [0.2, 0.25) is 0 Å². The molecule has 0 aliphatic rings. The summed E-state index contributed by atoms with van der Waals surface area (Å²) in [7, 11) is 3.21. The Morgan fingerprint density at radius 2 is 1.44 bits per heavy atom. The van der Waals surface area contributed by atoms with Gasteiger partial charge in [-0.25, -0.2) is 0 Å². The molecular weight excluding hydrogens is 432 g/mol. The smallest absolute Gasteiger partial charge is 0.179 e. The fraction of sp³-hybridized carbons (Fsp3) is 0.296. The third-order valence-corrected chi connectivity index (χ3v) is 5.79. The predicted octanol–water partition coefficient (Wildman–Crippen LogP) is 2.62. The first-order valence-electron chi connectivity index (χ1n) is 11.0. The van der Waals surface area contributed by atoms with Crippen LogP contribution in [0.4, 0.5) is 0 Å². The number of Topliss-reactive ketones (excluding diaryl/α,β-unsaturated/α-hetero) is 1. The fourth-order valence-electron chi connectivity index (χ4n) is 3.88. The molecular formula is C27H32N2O5. The average molecular weight is 465 g/mol. The lowest BCUT2D eigenvalue weighted by Crippen LogP contribution is -2.50. The van der Waals surface area contributed by atoms with Crippen LogP contribution in [0.15, 0.2) is 78.9 Å². The van der Waals surface area contributed by atoms with E-state index in [1.807, 2.05) is 78.9 Å². The molecule has 7 heteroatoms. The van der Waals surface area contributed by atoms with Gasteiger partial charge in [0.1, 0.15) is 23.2 Å². The highest BCUT2D eigenvalue weighted by Crippen LogP contribution is 2.42. The molecule has 3 rings (SSSR count). The van der Waals surface area contributed by atoms with Gasteiger partial charge in [0.15, 0.2) is 5.78 Å². The van der Waals surface area contributed by atoms with Gasteiger partial charge in [0, 0.05) is 0 Å². The van der Waals surface area contributed by atoms with Crippen molar-refractivity contribution in [3.05, 3.63) is 95.6 Å². The van der Waals surface area contributed by atoms with Crippen LogP contribution in [0.2, 0.25) is 0 Å². The zero-order valence-corrected chi connectivity index (χ0v) is 19.7. The van der Waals surface area contributed by atoms with Crippen molar-refractivity contribution >= 4 is 5.78 Å². The minimum Gasteiger partial charge on any atom is -0.497 e. The van der Waals surface area contributed by atoms with E-state index in [4.69, 9.17) is 25.7 Å². The number of aliphatic hydroxyl groups excluding tert-OH is 1. The summed E-state index contributed by atoms with van der Waals surface area (Å²) in [5.74, 6) is 0.824. The van der Waals surface area contributed by atoms with E-state index < -0.39 is 29.6 Å². The number of hydrogen-bond acceptors (Lipinski definition) is 7. The number of ketones is 1. The van der Waals surface area contributed by atoms with Crippen molar-refractivity contribution in [2.24, 2.45) is 11.5 Å². The Balaban J connectivity index is 2.15. The lowest BCUT2D eigenvalue weighted by atomic mass is 9.79. The van der Waals surface area contributed by atoms with E-state index >= 15 is 0 Å². The molecule has 34 heavy (non-hydrogen) atoms. The van der Waals surface area contributed by atoms with Crippen molar-refractivity contribution in [1.29, 1.82) is 0 Å². The molecule has 0 aliphatic heterocycles. The average Bonchev–Trinajstić information content (AvgIpc) is 2.89. The van der Waals surface area contributed by atoms with Crippen molar-refractivity contribution in [2.75, 3.05) is 20.8 Å². The molecule has 0 fully saturated rings. The summed E-state index contributed by atoms with van der Waals surface area (Å²) >= 11 is 0. The first kappa shape index (κ1) is 25.4. The monoisotopic (exact) mass is 464 g/mol. The van der Waals surface area contributed by atoms with Crippen LogP contribution in [0.5, 0.6) is 11.5 Å². The maximum atomic E-state index is 12.2. The topological polar surface area (TPSA) is 117 Å². The maximum Gasteiger partial charge on any atom is 0.179 e. The number of methoxy groups -OCH3 is 2. The maximum absolute atomic E-state index is 12.2. The van der Waals surface area contributed by atoms with Gasteiger partial charge in [-0.3, -0.25) is 4.79 Å². The third kappa shape index (κ3) is 5.29.